The van der Waals surface area contributed by atoms with Gasteiger partial charge in [-0.15, -0.1) is 0 Å². The molecule has 2 rings (SSSR count). The van der Waals surface area contributed by atoms with Crippen molar-refractivity contribution in [1.29, 1.82) is 0 Å². The van der Waals surface area contributed by atoms with Gasteiger partial charge in [-0.3, -0.25) is 24.5 Å². The smallest absolute Gasteiger partial charge is 0.308 e. The van der Waals surface area contributed by atoms with Gasteiger partial charge in [0.05, 0.1) is 11.3 Å². The normalized spacial score (nSPS) is 15.2. The zero-order chi connectivity index (χ0) is 20.5. The highest BCUT2D eigenvalue weighted by Gasteiger charge is 2.24. The Morgan fingerprint density at radius 2 is 1.75 bits per heavy atom. The van der Waals surface area contributed by atoms with Crippen molar-refractivity contribution < 1.29 is 24.0 Å². The average Bonchev–Trinajstić information content (AvgIpc) is 2.96. The van der Waals surface area contributed by atoms with Gasteiger partial charge < -0.3 is 15.0 Å². The summed E-state index contributed by atoms with van der Waals surface area (Å²) in [5, 5.41) is 13.2. The molecular weight excluding hydrogens is 366 g/mol. The van der Waals surface area contributed by atoms with Crippen LogP contribution in [0.25, 0.3) is 0 Å². The number of benzene rings is 1. The second kappa shape index (κ2) is 10.4. The molecule has 1 aromatic rings. The fourth-order valence-electron chi connectivity index (χ4n) is 2.97. The van der Waals surface area contributed by atoms with Gasteiger partial charge in [-0.2, -0.15) is 0 Å². The SMILES string of the molecule is C[C@@H](OC(=O)CCNC(=O)c1ccc([N+](=O)[O-])cc1)C(=O)N1CCCCCC1. The van der Waals surface area contributed by atoms with Crippen LogP contribution < -0.4 is 5.32 Å². The molecule has 9 nitrogen and oxygen atoms in total. The number of esters is 1. The highest BCUT2D eigenvalue weighted by atomic mass is 16.6. The van der Waals surface area contributed by atoms with Crippen LogP contribution in [0.2, 0.25) is 0 Å². The van der Waals surface area contributed by atoms with Crippen molar-refractivity contribution >= 4 is 23.5 Å². The fraction of sp³-hybridized carbons (Fsp3) is 0.526. The first-order chi connectivity index (χ1) is 13.4. The molecular formula is C19H25N3O6. The molecule has 1 fully saturated rings. The average molecular weight is 391 g/mol. The van der Waals surface area contributed by atoms with E-state index in [9.17, 15) is 24.5 Å². The summed E-state index contributed by atoms with van der Waals surface area (Å²) >= 11 is 0. The van der Waals surface area contributed by atoms with Crippen molar-refractivity contribution in [2.24, 2.45) is 0 Å². The molecule has 0 unspecified atom stereocenters. The second-order valence-electron chi connectivity index (χ2n) is 6.68. The molecule has 28 heavy (non-hydrogen) atoms. The van der Waals surface area contributed by atoms with Crippen LogP contribution in [0.3, 0.4) is 0 Å². The molecule has 1 N–H and O–H groups in total. The van der Waals surface area contributed by atoms with Crippen molar-refractivity contribution in [1.82, 2.24) is 10.2 Å². The summed E-state index contributed by atoms with van der Waals surface area (Å²) in [5.41, 5.74) is 0.145. The summed E-state index contributed by atoms with van der Waals surface area (Å²) in [6.07, 6.45) is 3.20. The third kappa shape index (κ3) is 6.33. The van der Waals surface area contributed by atoms with Gasteiger partial charge in [0, 0.05) is 37.3 Å². The van der Waals surface area contributed by atoms with Gasteiger partial charge in [-0.05, 0) is 31.9 Å². The monoisotopic (exact) mass is 391 g/mol. The molecule has 1 saturated heterocycles. The minimum atomic E-state index is -0.851. The molecule has 0 aliphatic carbocycles. The minimum Gasteiger partial charge on any atom is -0.452 e. The second-order valence-corrected chi connectivity index (χ2v) is 6.68. The molecule has 0 radical (unpaired) electrons. The summed E-state index contributed by atoms with van der Waals surface area (Å²) in [7, 11) is 0. The number of amides is 2. The van der Waals surface area contributed by atoms with Crippen molar-refractivity contribution in [3.8, 4) is 0 Å². The minimum absolute atomic E-state index is 0.0410. The Bertz CT molecular complexity index is 711. The maximum absolute atomic E-state index is 12.4. The maximum atomic E-state index is 12.4. The lowest BCUT2D eigenvalue weighted by atomic mass is 10.2. The molecule has 1 atom stereocenters. The molecule has 152 valence electrons. The number of nitrogens with one attached hydrogen (secondary N) is 1. The summed E-state index contributed by atoms with van der Waals surface area (Å²) in [6.45, 7) is 2.97. The molecule has 0 bridgehead atoms. The number of carbonyl (C=O) groups is 3. The van der Waals surface area contributed by atoms with E-state index in [0.717, 1.165) is 25.7 Å². The molecule has 2 amide bonds. The maximum Gasteiger partial charge on any atom is 0.308 e. The Morgan fingerprint density at radius 1 is 1.14 bits per heavy atom. The number of nitro groups is 1. The number of ether oxygens (including phenoxy) is 1. The van der Waals surface area contributed by atoms with E-state index in [0.29, 0.717) is 13.1 Å². The lowest BCUT2D eigenvalue weighted by Crippen LogP contribution is -2.40. The number of hydrogen-bond acceptors (Lipinski definition) is 6. The molecule has 1 aliphatic rings. The zero-order valence-electron chi connectivity index (χ0n) is 15.9. The first-order valence-corrected chi connectivity index (χ1v) is 9.39. The summed E-state index contributed by atoms with van der Waals surface area (Å²) in [5.74, 6) is -1.21. The molecule has 9 heteroatoms. The summed E-state index contributed by atoms with van der Waals surface area (Å²) in [6, 6.07) is 5.15. The van der Waals surface area contributed by atoms with Gasteiger partial charge in [0.25, 0.3) is 17.5 Å². The summed E-state index contributed by atoms with van der Waals surface area (Å²) < 4.78 is 5.18. The summed E-state index contributed by atoms with van der Waals surface area (Å²) in [4.78, 5) is 48.1. The molecule has 0 spiro atoms. The van der Waals surface area contributed by atoms with E-state index in [1.54, 1.807) is 11.8 Å². The van der Waals surface area contributed by atoms with Gasteiger partial charge in [0.2, 0.25) is 0 Å². The van der Waals surface area contributed by atoms with E-state index in [-0.39, 0.29) is 30.1 Å². The Labute approximate surface area is 163 Å². The van der Waals surface area contributed by atoms with E-state index in [2.05, 4.69) is 5.32 Å². The number of nitrogens with zero attached hydrogens (tertiary/aromatic N) is 2. The first-order valence-electron chi connectivity index (χ1n) is 9.39. The van der Waals surface area contributed by atoms with Gasteiger partial charge in [0.15, 0.2) is 6.10 Å². The van der Waals surface area contributed by atoms with Crippen LogP contribution in [0.4, 0.5) is 5.69 Å². The van der Waals surface area contributed by atoms with Crippen molar-refractivity contribution in [3.05, 3.63) is 39.9 Å². The third-order valence-electron chi connectivity index (χ3n) is 4.53. The highest BCUT2D eigenvalue weighted by Crippen LogP contribution is 2.13. The molecule has 1 heterocycles. The number of carbonyl (C=O) groups excluding carboxylic acids is 3. The number of non-ortho nitro benzene ring substituents is 1. The predicted molar refractivity (Wildman–Crippen MR) is 101 cm³/mol. The van der Waals surface area contributed by atoms with Gasteiger partial charge in [-0.25, -0.2) is 0 Å². The van der Waals surface area contributed by atoms with Crippen LogP contribution in [0.15, 0.2) is 24.3 Å². The van der Waals surface area contributed by atoms with E-state index in [1.807, 2.05) is 0 Å². The van der Waals surface area contributed by atoms with Gasteiger partial charge in [0.1, 0.15) is 0 Å². The van der Waals surface area contributed by atoms with E-state index >= 15 is 0 Å². The van der Waals surface area contributed by atoms with Crippen molar-refractivity contribution in [2.75, 3.05) is 19.6 Å². The topological polar surface area (TPSA) is 119 Å². The largest absolute Gasteiger partial charge is 0.452 e. The number of likely N-dealkylation sites (tertiary alicyclic amines) is 1. The van der Waals surface area contributed by atoms with Crippen molar-refractivity contribution in [3.63, 3.8) is 0 Å². The molecule has 1 aliphatic heterocycles. The highest BCUT2D eigenvalue weighted by molar-refractivity contribution is 5.94. The van der Waals surface area contributed by atoms with Crippen LogP contribution in [-0.2, 0) is 14.3 Å². The Kier molecular flexibility index (Phi) is 7.91. The number of hydrogen-bond donors (Lipinski definition) is 1. The van der Waals surface area contributed by atoms with Crippen LogP contribution >= 0.6 is 0 Å². The van der Waals surface area contributed by atoms with E-state index in [4.69, 9.17) is 4.74 Å². The lowest BCUT2D eigenvalue weighted by Gasteiger charge is -2.24. The van der Waals surface area contributed by atoms with Crippen LogP contribution in [0.1, 0.15) is 49.4 Å². The van der Waals surface area contributed by atoms with E-state index < -0.39 is 22.9 Å². The zero-order valence-corrected chi connectivity index (χ0v) is 15.9. The van der Waals surface area contributed by atoms with Crippen LogP contribution in [-0.4, -0.2) is 53.3 Å². The molecule has 0 aromatic heterocycles. The van der Waals surface area contributed by atoms with Gasteiger partial charge in [-0.1, -0.05) is 12.8 Å². The Hall–Kier alpha value is -2.97. The fourth-order valence-corrected chi connectivity index (χ4v) is 2.97. The number of rotatable bonds is 7. The van der Waals surface area contributed by atoms with Crippen LogP contribution in [0, 0.1) is 10.1 Å². The molecule has 1 aromatic carbocycles. The Morgan fingerprint density at radius 3 is 2.32 bits per heavy atom. The Balaban J connectivity index is 1.73. The standard InChI is InChI=1S/C19H25N3O6/c1-14(19(25)21-12-4-2-3-5-13-21)28-17(23)10-11-20-18(24)15-6-8-16(9-7-15)22(26)27/h6-9,14H,2-5,10-13H2,1H3,(H,20,24)/t14-/m1/s1. The van der Waals surface area contributed by atoms with Gasteiger partial charge >= 0.3 is 5.97 Å². The predicted octanol–water partition coefficient (Wildman–Crippen LogP) is 2.05. The lowest BCUT2D eigenvalue weighted by molar-refractivity contribution is -0.384. The third-order valence-corrected chi connectivity index (χ3v) is 4.53. The first kappa shape index (κ1) is 21.3. The van der Waals surface area contributed by atoms with E-state index in [1.165, 1.54) is 24.3 Å². The number of nitro benzene ring substituents is 1. The quantitative estimate of drug-likeness (QED) is 0.432. The van der Waals surface area contributed by atoms with Crippen molar-refractivity contribution in [2.45, 2.75) is 45.1 Å². The molecule has 0 saturated carbocycles. The van der Waals surface area contributed by atoms with Crippen LogP contribution in [0.5, 0.6) is 0 Å².